The first-order chi connectivity index (χ1) is 12.7. The number of amides is 2. The highest BCUT2D eigenvalue weighted by Crippen LogP contribution is 2.27. The summed E-state index contributed by atoms with van der Waals surface area (Å²) in [5, 5.41) is 11.2. The van der Waals surface area contributed by atoms with Crippen LogP contribution in [-0.4, -0.2) is 68.0 Å². The number of tetrazole rings is 1. The van der Waals surface area contributed by atoms with Gasteiger partial charge in [-0.05, 0) is 35.4 Å². The minimum Gasteiger partial charge on any atom is -0.339 e. The van der Waals surface area contributed by atoms with Gasteiger partial charge in [-0.2, -0.15) is 4.68 Å². The van der Waals surface area contributed by atoms with Crippen molar-refractivity contribution in [1.82, 2.24) is 30.0 Å². The van der Waals surface area contributed by atoms with Crippen LogP contribution in [0.3, 0.4) is 0 Å². The third-order valence-electron chi connectivity index (χ3n) is 5.31. The number of benzene rings is 1. The molecule has 136 valence electrons. The van der Waals surface area contributed by atoms with Gasteiger partial charge in [0.25, 0.3) is 5.91 Å². The van der Waals surface area contributed by atoms with Crippen molar-refractivity contribution in [3.63, 3.8) is 0 Å². The lowest BCUT2D eigenvalue weighted by atomic mass is 10.1. The molecule has 1 aliphatic carbocycles. The Hall–Kier alpha value is -2.77. The van der Waals surface area contributed by atoms with E-state index in [9.17, 15) is 9.59 Å². The molecule has 2 aromatic rings. The normalized spacial score (nSPS) is 18.3. The van der Waals surface area contributed by atoms with E-state index in [1.807, 2.05) is 28.0 Å². The second kappa shape index (κ2) is 7.23. The second-order valence-corrected chi connectivity index (χ2v) is 6.87. The standard InChI is InChI=1S/C18H22N6O2/c25-17(14-5-1-2-6-14)22-9-11-23(12-10-22)18(26)15-7-3-4-8-16(15)24-13-19-20-21-24/h3-4,7-8,13-14H,1-2,5-6,9-12H2. The molecular formula is C18H22N6O2. The number of carbonyl (C=O) groups is 2. The topological polar surface area (TPSA) is 84.2 Å². The molecule has 0 radical (unpaired) electrons. The zero-order valence-electron chi connectivity index (χ0n) is 14.6. The van der Waals surface area contributed by atoms with E-state index < -0.39 is 0 Å². The molecule has 0 unspecified atom stereocenters. The maximum absolute atomic E-state index is 13.0. The lowest BCUT2D eigenvalue weighted by Gasteiger charge is -2.36. The molecule has 1 aromatic carbocycles. The van der Waals surface area contributed by atoms with Crippen molar-refractivity contribution >= 4 is 11.8 Å². The van der Waals surface area contributed by atoms with Crippen LogP contribution in [0.25, 0.3) is 5.69 Å². The molecule has 0 spiro atoms. The summed E-state index contributed by atoms with van der Waals surface area (Å²) in [5.41, 5.74) is 1.22. The van der Waals surface area contributed by atoms with E-state index in [2.05, 4.69) is 15.5 Å². The fourth-order valence-electron chi connectivity index (χ4n) is 3.86. The van der Waals surface area contributed by atoms with Crippen molar-refractivity contribution in [1.29, 1.82) is 0 Å². The molecule has 0 atom stereocenters. The van der Waals surface area contributed by atoms with Crippen LogP contribution in [0.4, 0.5) is 0 Å². The molecule has 0 bridgehead atoms. The number of carbonyl (C=O) groups excluding carboxylic acids is 2. The van der Waals surface area contributed by atoms with Crippen LogP contribution >= 0.6 is 0 Å². The number of aromatic nitrogens is 4. The van der Waals surface area contributed by atoms with Gasteiger partial charge in [-0.1, -0.05) is 25.0 Å². The molecule has 1 aliphatic heterocycles. The number of hydrogen-bond acceptors (Lipinski definition) is 5. The molecule has 2 aliphatic rings. The lowest BCUT2D eigenvalue weighted by Crippen LogP contribution is -2.51. The van der Waals surface area contributed by atoms with Gasteiger partial charge < -0.3 is 9.80 Å². The summed E-state index contributed by atoms with van der Waals surface area (Å²) in [6.45, 7) is 2.32. The molecule has 4 rings (SSSR count). The van der Waals surface area contributed by atoms with Crippen molar-refractivity contribution in [2.75, 3.05) is 26.2 Å². The van der Waals surface area contributed by atoms with E-state index in [-0.39, 0.29) is 17.7 Å². The van der Waals surface area contributed by atoms with Crippen LogP contribution in [0.1, 0.15) is 36.0 Å². The Morgan fingerprint density at radius 1 is 0.962 bits per heavy atom. The Morgan fingerprint density at radius 3 is 2.35 bits per heavy atom. The zero-order valence-corrected chi connectivity index (χ0v) is 14.6. The molecule has 0 N–H and O–H groups in total. The smallest absolute Gasteiger partial charge is 0.256 e. The van der Waals surface area contributed by atoms with Crippen LogP contribution in [0.15, 0.2) is 30.6 Å². The zero-order chi connectivity index (χ0) is 17.9. The first-order valence-corrected chi connectivity index (χ1v) is 9.14. The van der Waals surface area contributed by atoms with Crippen LogP contribution in [-0.2, 0) is 4.79 Å². The summed E-state index contributed by atoms with van der Waals surface area (Å²) < 4.78 is 1.49. The summed E-state index contributed by atoms with van der Waals surface area (Å²) in [6, 6.07) is 7.30. The van der Waals surface area contributed by atoms with Crippen LogP contribution < -0.4 is 0 Å². The molecule has 1 aromatic heterocycles. The Bertz CT molecular complexity index is 777. The molecule has 8 nitrogen and oxygen atoms in total. The molecule has 26 heavy (non-hydrogen) atoms. The van der Waals surface area contributed by atoms with Crippen molar-refractivity contribution in [3.8, 4) is 5.69 Å². The minimum atomic E-state index is -0.0518. The van der Waals surface area contributed by atoms with Gasteiger partial charge in [0.1, 0.15) is 6.33 Å². The number of para-hydroxylation sites is 1. The Morgan fingerprint density at radius 2 is 1.65 bits per heavy atom. The fourth-order valence-corrected chi connectivity index (χ4v) is 3.86. The van der Waals surface area contributed by atoms with Gasteiger partial charge in [-0.3, -0.25) is 9.59 Å². The molecule has 1 saturated heterocycles. The molecule has 2 fully saturated rings. The van der Waals surface area contributed by atoms with Crippen LogP contribution in [0.2, 0.25) is 0 Å². The van der Waals surface area contributed by atoms with Gasteiger partial charge >= 0.3 is 0 Å². The Labute approximate surface area is 151 Å². The van der Waals surface area contributed by atoms with Crippen LogP contribution in [0.5, 0.6) is 0 Å². The summed E-state index contributed by atoms with van der Waals surface area (Å²) in [5.74, 6) is 0.408. The average Bonchev–Trinajstić information content (AvgIpc) is 3.41. The summed E-state index contributed by atoms with van der Waals surface area (Å²) in [7, 11) is 0. The SMILES string of the molecule is O=C(c1ccccc1-n1cnnn1)N1CCN(C(=O)C2CCCC2)CC1. The van der Waals surface area contributed by atoms with Crippen molar-refractivity contribution in [3.05, 3.63) is 36.2 Å². The predicted octanol–water partition coefficient (Wildman–Crippen LogP) is 1.14. The summed E-state index contributed by atoms with van der Waals surface area (Å²) in [6.07, 6.45) is 5.81. The van der Waals surface area contributed by atoms with Gasteiger partial charge in [-0.25, -0.2) is 0 Å². The quantitative estimate of drug-likeness (QED) is 0.825. The van der Waals surface area contributed by atoms with E-state index in [1.165, 1.54) is 11.0 Å². The molecule has 8 heteroatoms. The van der Waals surface area contributed by atoms with Gasteiger partial charge in [0.15, 0.2) is 0 Å². The number of rotatable bonds is 3. The minimum absolute atomic E-state index is 0.0518. The first-order valence-electron chi connectivity index (χ1n) is 9.14. The second-order valence-electron chi connectivity index (χ2n) is 6.87. The summed E-state index contributed by atoms with van der Waals surface area (Å²) in [4.78, 5) is 29.3. The number of piperazine rings is 1. The van der Waals surface area contributed by atoms with Crippen molar-refractivity contribution < 1.29 is 9.59 Å². The van der Waals surface area contributed by atoms with E-state index in [1.54, 1.807) is 6.07 Å². The van der Waals surface area contributed by atoms with Gasteiger partial charge in [0.2, 0.25) is 5.91 Å². The Kier molecular flexibility index (Phi) is 4.64. The third kappa shape index (κ3) is 3.18. The molecule has 1 saturated carbocycles. The first kappa shape index (κ1) is 16.7. The highest BCUT2D eigenvalue weighted by molar-refractivity contribution is 5.98. The third-order valence-corrected chi connectivity index (χ3v) is 5.31. The monoisotopic (exact) mass is 354 g/mol. The Balaban J connectivity index is 1.44. The fraction of sp³-hybridized carbons (Fsp3) is 0.500. The molecule has 2 heterocycles. The van der Waals surface area contributed by atoms with Crippen molar-refractivity contribution in [2.24, 2.45) is 5.92 Å². The largest absolute Gasteiger partial charge is 0.339 e. The van der Waals surface area contributed by atoms with Gasteiger partial charge in [0, 0.05) is 32.1 Å². The number of hydrogen-bond donors (Lipinski definition) is 0. The maximum Gasteiger partial charge on any atom is 0.256 e. The average molecular weight is 354 g/mol. The number of nitrogens with zero attached hydrogens (tertiary/aromatic N) is 6. The van der Waals surface area contributed by atoms with Gasteiger partial charge in [0.05, 0.1) is 11.3 Å². The summed E-state index contributed by atoms with van der Waals surface area (Å²) >= 11 is 0. The highest BCUT2D eigenvalue weighted by Gasteiger charge is 2.31. The van der Waals surface area contributed by atoms with Crippen LogP contribution in [0, 0.1) is 5.92 Å². The molecule has 2 amide bonds. The lowest BCUT2D eigenvalue weighted by molar-refractivity contribution is -0.136. The maximum atomic E-state index is 13.0. The van der Waals surface area contributed by atoms with Gasteiger partial charge in [-0.15, -0.1) is 5.10 Å². The predicted molar refractivity (Wildman–Crippen MR) is 93.6 cm³/mol. The highest BCUT2D eigenvalue weighted by atomic mass is 16.2. The van der Waals surface area contributed by atoms with E-state index in [0.29, 0.717) is 37.4 Å². The van der Waals surface area contributed by atoms with E-state index in [4.69, 9.17) is 0 Å². The van der Waals surface area contributed by atoms with Crippen molar-refractivity contribution in [2.45, 2.75) is 25.7 Å². The van der Waals surface area contributed by atoms with E-state index in [0.717, 1.165) is 25.7 Å². The van der Waals surface area contributed by atoms with E-state index >= 15 is 0 Å². The molecular weight excluding hydrogens is 332 g/mol.